The Kier molecular flexibility index (Phi) is 12.4. The Labute approximate surface area is 354 Å². The number of hydrogen-bond acceptors (Lipinski definition) is 3. The summed E-state index contributed by atoms with van der Waals surface area (Å²) in [6.07, 6.45) is 2.14. The molecule has 58 heavy (non-hydrogen) atoms. The average molecular weight is 791 g/mol. The van der Waals surface area contributed by atoms with Gasteiger partial charge < -0.3 is 15.3 Å². The summed E-state index contributed by atoms with van der Waals surface area (Å²) in [5, 5.41) is 35.0. The van der Waals surface area contributed by atoms with Crippen molar-refractivity contribution in [1.82, 2.24) is 4.48 Å². The summed E-state index contributed by atoms with van der Waals surface area (Å²) in [6.45, 7) is 39.2. The van der Waals surface area contributed by atoms with Gasteiger partial charge in [-0.2, -0.15) is 0 Å². The van der Waals surface area contributed by atoms with Crippen LogP contribution in [0.2, 0.25) is 0 Å². The minimum atomic E-state index is -0.237. The van der Waals surface area contributed by atoms with Crippen molar-refractivity contribution in [3.63, 3.8) is 0 Å². The first-order valence-electron chi connectivity index (χ1n) is 21.5. The molecule has 0 fully saturated rings. The Morgan fingerprint density at radius 1 is 0.328 bits per heavy atom. The fourth-order valence-corrected chi connectivity index (χ4v) is 8.56. The van der Waals surface area contributed by atoms with Gasteiger partial charge in [-0.1, -0.05) is 161 Å². The van der Waals surface area contributed by atoms with Crippen LogP contribution in [0.5, 0.6) is 17.2 Å². The van der Waals surface area contributed by atoms with Crippen LogP contribution in [0.4, 0.5) is 5.69 Å². The van der Waals surface area contributed by atoms with Gasteiger partial charge in [0.05, 0.1) is 21.1 Å². The van der Waals surface area contributed by atoms with E-state index < -0.39 is 0 Å². The van der Waals surface area contributed by atoms with Gasteiger partial charge in [0.2, 0.25) is 0 Å². The molecule has 0 spiro atoms. The predicted octanol–water partition coefficient (Wildman–Crippen LogP) is 13.6. The second-order valence-corrected chi connectivity index (χ2v) is 24.4. The molecule has 0 aliphatic heterocycles. The highest BCUT2D eigenvalue weighted by atomic mass is 16.3. The van der Waals surface area contributed by atoms with Gasteiger partial charge in [-0.3, -0.25) is 4.48 Å². The summed E-state index contributed by atoms with van der Waals surface area (Å²) in [4.78, 5) is 0. The summed E-state index contributed by atoms with van der Waals surface area (Å²) in [6, 6.07) is 18.2. The van der Waals surface area contributed by atoms with Crippen molar-refractivity contribution in [2.24, 2.45) is 0 Å². The molecule has 4 rings (SSSR count). The lowest BCUT2D eigenvalue weighted by Gasteiger charge is -2.32. The molecule has 4 nitrogen and oxygen atoms in total. The van der Waals surface area contributed by atoms with Crippen molar-refractivity contribution in [2.75, 3.05) is 21.1 Å². The van der Waals surface area contributed by atoms with Crippen LogP contribution in [-0.4, -0.2) is 36.5 Å². The lowest BCUT2D eigenvalue weighted by molar-refractivity contribution is 0.422. The molecule has 4 heteroatoms. The summed E-state index contributed by atoms with van der Waals surface area (Å²) in [7, 11) is 6.80. The lowest BCUT2D eigenvalue weighted by Crippen LogP contribution is -2.37. The fraction of sp³-hybridized carbons (Fsp3) is 0.556. The molecule has 0 saturated heterocycles. The molecule has 3 N–H and O–H groups in total. The van der Waals surface area contributed by atoms with Gasteiger partial charge in [0, 0.05) is 24.0 Å². The van der Waals surface area contributed by atoms with Crippen molar-refractivity contribution in [3.05, 3.63) is 115 Å². The molecule has 0 aliphatic carbocycles. The molecule has 0 bridgehead atoms. The Morgan fingerprint density at radius 2 is 0.517 bits per heavy atom. The Balaban J connectivity index is 2.11. The zero-order valence-corrected chi connectivity index (χ0v) is 40.5. The molecule has 0 heterocycles. The maximum atomic E-state index is 11.7. The lowest BCUT2D eigenvalue weighted by atomic mass is 9.77. The number of phenolic OH excluding ortho intramolecular Hbond substituents is 3. The van der Waals surface area contributed by atoms with E-state index in [-0.39, 0.29) is 32.5 Å². The summed E-state index contributed by atoms with van der Waals surface area (Å²) in [5.41, 5.74) is 13.0. The first kappa shape index (κ1) is 46.9. The SMILES string of the molecule is CC(C)(C)c1cc(Cc2cc(Cc3cc(C(C)(C)C)c(O)c(C(C)(C)C)c3)c([N+](C)(C)C)c(Cc3cc(C(C)(C)C)c(O)c(C(C)(C)C)c3)c2)cc(C(C)(C)C)c1O. The highest BCUT2D eigenvalue weighted by molar-refractivity contribution is 5.63. The van der Waals surface area contributed by atoms with Crippen LogP contribution in [-0.2, 0) is 51.8 Å². The highest BCUT2D eigenvalue weighted by Crippen LogP contribution is 2.45. The molecule has 0 aliphatic rings. The largest absolute Gasteiger partial charge is 0.507 e. The third-order valence-electron chi connectivity index (χ3n) is 11.6. The van der Waals surface area contributed by atoms with E-state index in [1.165, 1.54) is 39.1 Å². The Morgan fingerprint density at radius 3 is 0.707 bits per heavy atom. The first-order valence-corrected chi connectivity index (χ1v) is 21.5. The van der Waals surface area contributed by atoms with Gasteiger partial charge >= 0.3 is 0 Å². The van der Waals surface area contributed by atoms with Crippen LogP contribution in [0, 0.1) is 0 Å². The zero-order valence-electron chi connectivity index (χ0n) is 40.5. The number of phenols is 3. The molecule has 0 atom stereocenters. The van der Waals surface area contributed by atoms with Crippen molar-refractivity contribution >= 4 is 5.69 Å². The topological polar surface area (TPSA) is 60.7 Å². The van der Waals surface area contributed by atoms with Crippen LogP contribution in [0.15, 0.2) is 48.5 Å². The molecule has 318 valence electrons. The second-order valence-electron chi connectivity index (χ2n) is 24.4. The first-order chi connectivity index (χ1) is 25.9. The molecule has 0 saturated carbocycles. The van der Waals surface area contributed by atoms with Gasteiger partial charge in [0.1, 0.15) is 22.9 Å². The number of rotatable bonds is 7. The smallest absolute Gasteiger partial charge is 0.139 e. The Hall–Kier alpha value is -3.76. The van der Waals surface area contributed by atoms with Crippen LogP contribution in [0.25, 0.3) is 0 Å². The molecule has 4 aromatic rings. The molecule has 0 unspecified atom stereocenters. The van der Waals surface area contributed by atoms with E-state index in [1.807, 2.05) is 0 Å². The Bertz CT molecular complexity index is 1940. The molecular formula is C54H80NO3+. The van der Waals surface area contributed by atoms with E-state index >= 15 is 0 Å². The third kappa shape index (κ3) is 10.5. The van der Waals surface area contributed by atoms with Crippen LogP contribution < -0.4 is 4.48 Å². The fourth-order valence-electron chi connectivity index (χ4n) is 8.56. The second kappa shape index (κ2) is 15.4. The normalized spacial score (nSPS) is 13.7. The van der Waals surface area contributed by atoms with Crippen LogP contribution in [0.3, 0.4) is 0 Å². The van der Waals surface area contributed by atoms with Gasteiger partial charge in [-0.05, 0) is 107 Å². The maximum absolute atomic E-state index is 11.7. The molecule has 0 amide bonds. The number of quaternary nitrogens is 1. The summed E-state index contributed by atoms with van der Waals surface area (Å²) >= 11 is 0. The maximum Gasteiger partial charge on any atom is 0.139 e. The standard InChI is InChI=1S/C54H79NO3/c1-49(2,3)39-27-34(28-40(46(39)56)50(4,5)6)22-33-23-37(25-35-29-41(51(7,8)9)47(57)42(30-35)52(10,11)12)45(55(19,20)21)38(24-33)26-36-31-43(53(13,14)15)48(58)44(32-36)54(16,17)18/h23-24,27-32H,22,25-26H2,1-21H3,(H2-,56,57,58)/p+1. The third-order valence-corrected chi connectivity index (χ3v) is 11.6. The van der Waals surface area contributed by atoms with Crippen LogP contribution >= 0.6 is 0 Å². The van der Waals surface area contributed by atoms with Gasteiger partial charge in [-0.25, -0.2) is 0 Å². The van der Waals surface area contributed by atoms with Gasteiger partial charge in [0.15, 0.2) is 0 Å². The number of benzene rings is 4. The minimum Gasteiger partial charge on any atom is -0.507 e. The van der Waals surface area contributed by atoms with Crippen molar-refractivity contribution in [2.45, 2.75) is 176 Å². The van der Waals surface area contributed by atoms with E-state index in [1.54, 1.807) is 0 Å². The zero-order chi connectivity index (χ0) is 44.5. The van der Waals surface area contributed by atoms with Crippen LogP contribution in [0.1, 0.15) is 191 Å². The van der Waals surface area contributed by atoms with E-state index in [0.29, 0.717) is 34.6 Å². The van der Waals surface area contributed by atoms with Gasteiger partial charge in [-0.15, -0.1) is 0 Å². The van der Waals surface area contributed by atoms with Gasteiger partial charge in [0.25, 0.3) is 0 Å². The average Bonchev–Trinajstić information content (AvgIpc) is 2.99. The molecular weight excluding hydrogens is 711 g/mol. The van der Waals surface area contributed by atoms with Crippen molar-refractivity contribution in [3.8, 4) is 17.2 Å². The summed E-state index contributed by atoms with van der Waals surface area (Å²) in [5.74, 6) is 1.20. The molecule has 0 aromatic heterocycles. The van der Waals surface area contributed by atoms with E-state index in [0.717, 1.165) is 39.8 Å². The predicted molar refractivity (Wildman–Crippen MR) is 251 cm³/mol. The van der Waals surface area contributed by atoms with Crippen molar-refractivity contribution < 1.29 is 15.3 Å². The number of aromatic hydroxyl groups is 3. The monoisotopic (exact) mass is 791 g/mol. The highest BCUT2D eigenvalue weighted by Gasteiger charge is 2.32. The molecule has 4 aromatic carbocycles. The minimum absolute atomic E-state index is 0.229. The van der Waals surface area contributed by atoms with E-state index in [4.69, 9.17) is 0 Å². The number of hydrogen-bond donors (Lipinski definition) is 3. The molecule has 0 radical (unpaired) electrons. The quantitative estimate of drug-likeness (QED) is 0.163. The number of nitrogens with zero attached hydrogens (tertiary/aromatic N) is 1. The summed E-state index contributed by atoms with van der Waals surface area (Å²) < 4.78 is 0.638. The van der Waals surface area contributed by atoms with E-state index in [9.17, 15) is 15.3 Å². The van der Waals surface area contributed by atoms with E-state index in [2.05, 4.69) is 194 Å². The van der Waals surface area contributed by atoms with Crippen molar-refractivity contribution in [1.29, 1.82) is 0 Å².